The van der Waals surface area contributed by atoms with Gasteiger partial charge in [-0.25, -0.2) is 0 Å². The Bertz CT molecular complexity index is 588. The van der Waals surface area contributed by atoms with E-state index in [4.69, 9.17) is 0 Å². The van der Waals surface area contributed by atoms with Crippen LogP contribution in [0.5, 0.6) is 0 Å². The van der Waals surface area contributed by atoms with Crippen LogP contribution in [0.1, 0.15) is 57.1 Å². The lowest BCUT2D eigenvalue weighted by molar-refractivity contribution is 0.412. The van der Waals surface area contributed by atoms with Gasteiger partial charge in [0.25, 0.3) is 0 Å². The SMILES string of the molecule is CC(C)(C)Cc1ccnc2ccc(C3CCC3)cc12. The summed E-state index contributed by atoms with van der Waals surface area (Å²) in [6.45, 7) is 6.90. The standard InChI is InChI=1S/C18H23N/c1-18(2,3)12-15-9-10-19-17-8-7-14(11-16(15)17)13-5-4-6-13/h7-11,13H,4-6,12H2,1-3H3. The molecule has 1 aliphatic carbocycles. The van der Waals surface area contributed by atoms with E-state index in [1.54, 1.807) is 0 Å². The molecule has 1 aliphatic rings. The highest BCUT2D eigenvalue weighted by molar-refractivity contribution is 5.83. The Balaban J connectivity index is 2.05. The fourth-order valence-electron chi connectivity index (χ4n) is 2.94. The van der Waals surface area contributed by atoms with E-state index in [1.807, 2.05) is 6.20 Å². The van der Waals surface area contributed by atoms with Crippen LogP contribution in [0.15, 0.2) is 30.5 Å². The van der Waals surface area contributed by atoms with E-state index in [9.17, 15) is 0 Å². The molecule has 1 heteroatoms. The Hall–Kier alpha value is -1.37. The molecule has 1 fully saturated rings. The van der Waals surface area contributed by atoms with Crippen LogP contribution in [-0.4, -0.2) is 4.98 Å². The van der Waals surface area contributed by atoms with Gasteiger partial charge < -0.3 is 0 Å². The third-order valence-electron chi connectivity index (χ3n) is 4.15. The van der Waals surface area contributed by atoms with Gasteiger partial charge in [-0.05, 0) is 59.9 Å². The van der Waals surface area contributed by atoms with Crippen LogP contribution in [0.3, 0.4) is 0 Å². The highest BCUT2D eigenvalue weighted by Gasteiger charge is 2.20. The molecular formula is C18H23N. The van der Waals surface area contributed by atoms with Gasteiger partial charge in [-0.1, -0.05) is 33.3 Å². The van der Waals surface area contributed by atoms with Crippen LogP contribution in [0.2, 0.25) is 0 Å². The molecule has 0 N–H and O–H groups in total. The number of fused-ring (bicyclic) bond motifs is 1. The maximum Gasteiger partial charge on any atom is 0.0704 e. The van der Waals surface area contributed by atoms with Crippen molar-refractivity contribution in [2.45, 2.75) is 52.4 Å². The van der Waals surface area contributed by atoms with E-state index in [0.717, 1.165) is 17.9 Å². The number of hydrogen-bond acceptors (Lipinski definition) is 1. The molecule has 2 aromatic rings. The second-order valence-electron chi connectivity index (χ2n) is 7.11. The average Bonchev–Trinajstić information content (AvgIpc) is 2.25. The van der Waals surface area contributed by atoms with Crippen LogP contribution in [0.25, 0.3) is 10.9 Å². The van der Waals surface area contributed by atoms with Crippen molar-refractivity contribution in [3.8, 4) is 0 Å². The molecule has 1 aromatic carbocycles. The number of rotatable bonds is 2. The monoisotopic (exact) mass is 253 g/mol. The molecule has 0 unspecified atom stereocenters. The van der Waals surface area contributed by atoms with Gasteiger partial charge >= 0.3 is 0 Å². The van der Waals surface area contributed by atoms with Crippen molar-refractivity contribution in [3.05, 3.63) is 41.6 Å². The van der Waals surface area contributed by atoms with Gasteiger partial charge in [0.15, 0.2) is 0 Å². The Morgan fingerprint density at radius 1 is 1.16 bits per heavy atom. The molecule has 0 saturated heterocycles. The van der Waals surface area contributed by atoms with Crippen molar-refractivity contribution < 1.29 is 0 Å². The van der Waals surface area contributed by atoms with Gasteiger partial charge in [-0.15, -0.1) is 0 Å². The predicted molar refractivity (Wildman–Crippen MR) is 81.5 cm³/mol. The largest absolute Gasteiger partial charge is 0.256 e. The summed E-state index contributed by atoms with van der Waals surface area (Å²) in [4.78, 5) is 4.52. The van der Waals surface area contributed by atoms with Crippen molar-refractivity contribution in [1.82, 2.24) is 4.98 Å². The molecule has 1 heterocycles. The third-order valence-corrected chi connectivity index (χ3v) is 4.15. The first kappa shape index (κ1) is 12.7. The number of nitrogens with zero attached hydrogens (tertiary/aromatic N) is 1. The van der Waals surface area contributed by atoms with Crippen molar-refractivity contribution in [2.75, 3.05) is 0 Å². The Morgan fingerprint density at radius 2 is 1.95 bits per heavy atom. The second kappa shape index (κ2) is 4.63. The number of benzene rings is 1. The van der Waals surface area contributed by atoms with Crippen molar-refractivity contribution in [2.24, 2.45) is 5.41 Å². The van der Waals surface area contributed by atoms with Crippen LogP contribution in [0.4, 0.5) is 0 Å². The molecule has 0 amide bonds. The minimum Gasteiger partial charge on any atom is -0.256 e. The first-order valence-corrected chi connectivity index (χ1v) is 7.40. The molecular weight excluding hydrogens is 230 g/mol. The highest BCUT2D eigenvalue weighted by Crippen LogP contribution is 2.38. The molecule has 0 atom stereocenters. The van der Waals surface area contributed by atoms with E-state index in [2.05, 4.69) is 50.0 Å². The van der Waals surface area contributed by atoms with Crippen molar-refractivity contribution >= 4 is 10.9 Å². The summed E-state index contributed by atoms with van der Waals surface area (Å²) in [6, 6.07) is 9.07. The van der Waals surface area contributed by atoms with Crippen LogP contribution in [0, 0.1) is 5.41 Å². The average molecular weight is 253 g/mol. The van der Waals surface area contributed by atoms with Gasteiger partial charge in [-0.3, -0.25) is 4.98 Å². The lowest BCUT2D eigenvalue weighted by atomic mass is 9.79. The van der Waals surface area contributed by atoms with Crippen LogP contribution < -0.4 is 0 Å². The fourth-order valence-corrected chi connectivity index (χ4v) is 2.94. The molecule has 1 saturated carbocycles. The van der Waals surface area contributed by atoms with E-state index < -0.39 is 0 Å². The van der Waals surface area contributed by atoms with E-state index in [0.29, 0.717) is 5.41 Å². The summed E-state index contributed by atoms with van der Waals surface area (Å²) >= 11 is 0. The van der Waals surface area contributed by atoms with Crippen LogP contribution >= 0.6 is 0 Å². The summed E-state index contributed by atoms with van der Waals surface area (Å²) in [5, 5.41) is 1.36. The van der Waals surface area contributed by atoms with Gasteiger partial charge in [0.2, 0.25) is 0 Å². The summed E-state index contributed by atoms with van der Waals surface area (Å²) in [6.07, 6.45) is 7.18. The lowest BCUT2D eigenvalue weighted by Gasteiger charge is -2.26. The van der Waals surface area contributed by atoms with Crippen LogP contribution in [-0.2, 0) is 6.42 Å². The zero-order chi connectivity index (χ0) is 13.5. The molecule has 3 rings (SSSR count). The first-order chi connectivity index (χ1) is 9.03. The normalized spacial score (nSPS) is 16.6. The van der Waals surface area contributed by atoms with Gasteiger partial charge in [0.05, 0.1) is 5.52 Å². The van der Waals surface area contributed by atoms with E-state index in [1.165, 1.54) is 35.8 Å². The summed E-state index contributed by atoms with van der Waals surface area (Å²) in [7, 11) is 0. The summed E-state index contributed by atoms with van der Waals surface area (Å²) in [5.41, 5.74) is 4.42. The maximum absolute atomic E-state index is 4.52. The summed E-state index contributed by atoms with van der Waals surface area (Å²) < 4.78 is 0. The lowest BCUT2D eigenvalue weighted by Crippen LogP contribution is -2.11. The Kier molecular flexibility index (Phi) is 3.08. The zero-order valence-corrected chi connectivity index (χ0v) is 12.2. The minimum atomic E-state index is 0.320. The van der Waals surface area contributed by atoms with E-state index in [-0.39, 0.29) is 0 Å². The molecule has 0 spiro atoms. The zero-order valence-electron chi connectivity index (χ0n) is 12.2. The second-order valence-corrected chi connectivity index (χ2v) is 7.11. The van der Waals surface area contributed by atoms with E-state index >= 15 is 0 Å². The topological polar surface area (TPSA) is 12.9 Å². The first-order valence-electron chi connectivity index (χ1n) is 7.40. The van der Waals surface area contributed by atoms with Gasteiger partial charge in [0.1, 0.15) is 0 Å². The minimum absolute atomic E-state index is 0.320. The smallest absolute Gasteiger partial charge is 0.0704 e. The maximum atomic E-state index is 4.52. The molecule has 0 bridgehead atoms. The molecule has 0 aliphatic heterocycles. The summed E-state index contributed by atoms with van der Waals surface area (Å²) in [5.74, 6) is 0.798. The van der Waals surface area contributed by atoms with Gasteiger partial charge in [-0.2, -0.15) is 0 Å². The quantitative estimate of drug-likeness (QED) is 0.726. The molecule has 19 heavy (non-hydrogen) atoms. The fraction of sp³-hybridized carbons (Fsp3) is 0.500. The van der Waals surface area contributed by atoms with Gasteiger partial charge in [0, 0.05) is 11.6 Å². The molecule has 100 valence electrons. The van der Waals surface area contributed by atoms with Crippen molar-refractivity contribution in [1.29, 1.82) is 0 Å². The molecule has 1 aromatic heterocycles. The molecule has 0 radical (unpaired) electrons. The highest BCUT2D eigenvalue weighted by atomic mass is 14.6. The third kappa shape index (κ3) is 2.65. The predicted octanol–water partition coefficient (Wildman–Crippen LogP) is 5.09. The number of aromatic nitrogens is 1. The number of pyridine rings is 1. The van der Waals surface area contributed by atoms with Crippen molar-refractivity contribution in [3.63, 3.8) is 0 Å². The molecule has 1 nitrogen and oxygen atoms in total. The Morgan fingerprint density at radius 3 is 2.58 bits per heavy atom. The Labute approximate surface area is 116 Å². The number of hydrogen-bond donors (Lipinski definition) is 0.